The molecule has 1 rings (SSSR count). The molecular weight excluding hydrogens is 294 g/mol. The molecule has 0 aromatic carbocycles. The first kappa shape index (κ1) is 17.3. The van der Waals surface area contributed by atoms with Crippen LogP contribution in [0.25, 0.3) is 0 Å². The van der Waals surface area contributed by atoms with Crippen LogP contribution in [0.5, 0.6) is 0 Å². The van der Waals surface area contributed by atoms with Gasteiger partial charge in [0, 0.05) is 0 Å². The summed E-state index contributed by atoms with van der Waals surface area (Å²) in [7, 11) is 0. The molecule has 1 heterocycles. The lowest BCUT2D eigenvalue weighted by Crippen LogP contribution is -2.65. The number of amides is 1. The molecule has 11 nitrogen and oxygen atoms in total. The standard InChI is InChI=1S/C10H15NO10/c12-3(1-20-2-4(13)14)11-5-6(15)7(16)8(9(17)18)21-10(5)19/h5-8,10,15-16,19H,1-2H2,(H,11,12)(H,13,14)(H,17,18)/t5-,6+,7+,8+,10-/m1/s1. The van der Waals surface area contributed by atoms with Crippen molar-refractivity contribution in [2.45, 2.75) is 30.6 Å². The smallest absolute Gasteiger partial charge is 0.335 e. The normalized spacial score (nSPS) is 32.4. The zero-order valence-electron chi connectivity index (χ0n) is 10.6. The molecule has 0 unspecified atom stereocenters. The first-order valence-corrected chi connectivity index (χ1v) is 5.75. The Kier molecular flexibility index (Phi) is 5.99. The highest BCUT2D eigenvalue weighted by Crippen LogP contribution is 2.20. The number of aliphatic hydroxyl groups is 3. The molecule has 6 N–H and O–H groups in total. The SMILES string of the molecule is O=C(O)COCC(=O)N[C@@H]1[C@H](O)[C@H](O)[C@@H](C(=O)O)O[C@H]1O. The lowest BCUT2D eigenvalue weighted by Gasteiger charge is -2.39. The van der Waals surface area contributed by atoms with Crippen molar-refractivity contribution in [3.8, 4) is 0 Å². The molecular formula is C10H15NO10. The van der Waals surface area contributed by atoms with Gasteiger partial charge in [0.25, 0.3) is 0 Å². The number of carbonyl (C=O) groups excluding carboxylic acids is 1. The molecule has 1 saturated heterocycles. The van der Waals surface area contributed by atoms with Crippen LogP contribution in [-0.2, 0) is 23.9 Å². The van der Waals surface area contributed by atoms with Crippen molar-refractivity contribution in [2.24, 2.45) is 0 Å². The molecule has 1 amide bonds. The summed E-state index contributed by atoms with van der Waals surface area (Å²) in [4.78, 5) is 32.3. The molecule has 11 heteroatoms. The molecule has 120 valence electrons. The highest BCUT2D eigenvalue weighted by Gasteiger charge is 2.47. The molecule has 1 aliphatic rings. The van der Waals surface area contributed by atoms with E-state index in [0.29, 0.717) is 0 Å². The molecule has 1 aliphatic heterocycles. The van der Waals surface area contributed by atoms with E-state index in [1.54, 1.807) is 0 Å². The molecule has 0 radical (unpaired) electrons. The van der Waals surface area contributed by atoms with E-state index in [-0.39, 0.29) is 0 Å². The fraction of sp³-hybridized carbons (Fsp3) is 0.700. The second-order valence-electron chi connectivity index (χ2n) is 4.25. The number of aliphatic hydroxyl groups excluding tert-OH is 3. The van der Waals surface area contributed by atoms with E-state index in [1.807, 2.05) is 5.32 Å². The van der Waals surface area contributed by atoms with Crippen molar-refractivity contribution in [2.75, 3.05) is 13.2 Å². The Hall–Kier alpha value is -1.79. The highest BCUT2D eigenvalue weighted by molar-refractivity contribution is 5.78. The van der Waals surface area contributed by atoms with E-state index in [1.165, 1.54) is 0 Å². The molecule has 21 heavy (non-hydrogen) atoms. The van der Waals surface area contributed by atoms with E-state index in [4.69, 9.17) is 10.2 Å². The van der Waals surface area contributed by atoms with Crippen LogP contribution in [0.15, 0.2) is 0 Å². The molecule has 1 fully saturated rings. The van der Waals surface area contributed by atoms with Gasteiger partial charge in [0.15, 0.2) is 12.4 Å². The van der Waals surface area contributed by atoms with Gasteiger partial charge >= 0.3 is 11.9 Å². The van der Waals surface area contributed by atoms with Gasteiger partial charge in [0.1, 0.15) is 31.5 Å². The average Bonchev–Trinajstić information content (AvgIpc) is 2.38. The van der Waals surface area contributed by atoms with Gasteiger partial charge in [-0.1, -0.05) is 0 Å². The molecule has 0 aromatic heterocycles. The van der Waals surface area contributed by atoms with E-state index in [2.05, 4.69) is 9.47 Å². The Morgan fingerprint density at radius 2 is 1.67 bits per heavy atom. The van der Waals surface area contributed by atoms with E-state index in [9.17, 15) is 29.7 Å². The molecule has 0 bridgehead atoms. The Bertz CT molecular complexity index is 413. The summed E-state index contributed by atoms with van der Waals surface area (Å²) in [6, 6.07) is -1.49. The van der Waals surface area contributed by atoms with Crippen molar-refractivity contribution in [3.63, 3.8) is 0 Å². The van der Waals surface area contributed by atoms with Gasteiger partial charge in [-0.3, -0.25) is 4.79 Å². The van der Waals surface area contributed by atoms with Crippen LogP contribution in [0.1, 0.15) is 0 Å². The molecule has 0 saturated carbocycles. The maximum atomic E-state index is 11.4. The minimum atomic E-state index is -1.87. The maximum absolute atomic E-state index is 11.4. The number of carboxylic acid groups (broad SMARTS) is 2. The Morgan fingerprint density at radius 1 is 1.05 bits per heavy atom. The topological polar surface area (TPSA) is 183 Å². The van der Waals surface area contributed by atoms with Crippen LogP contribution in [0.2, 0.25) is 0 Å². The second kappa shape index (κ2) is 7.28. The molecule has 0 aliphatic carbocycles. The first-order chi connectivity index (χ1) is 9.73. The summed E-state index contributed by atoms with van der Waals surface area (Å²) in [5.74, 6) is -3.76. The fourth-order valence-corrected chi connectivity index (χ4v) is 1.70. The molecule has 5 atom stereocenters. The summed E-state index contributed by atoms with van der Waals surface area (Å²) in [5, 5.41) is 47.8. The third kappa shape index (κ3) is 4.61. The number of carbonyl (C=O) groups is 3. The summed E-state index contributed by atoms with van der Waals surface area (Å²) in [6.45, 7) is -1.38. The van der Waals surface area contributed by atoms with Crippen molar-refractivity contribution >= 4 is 17.8 Å². The summed E-state index contributed by atoms with van der Waals surface area (Å²) in [6.07, 6.45) is -7.37. The van der Waals surface area contributed by atoms with Gasteiger partial charge in [-0.2, -0.15) is 0 Å². The number of hydrogen-bond donors (Lipinski definition) is 6. The van der Waals surface area contributed by atoms with Crippen molar-refractivity contribution in [3.05, 3.63) is 0 Å². The van der Waals surface area contributed by atoms with Gasteiger partial charge in [0.05, 0.1) is 0 Å². The monoisotopic (exact) mass is 309 g/mol. The molecule has 0 aromatic rings. The molecule has 0 spiro atoms. The van der Waals surface area contributed by atoms with Crippen LogP contribution >= 0.6 is 0 Å². The predicted octanol–water partition coefficient (Wildman–Crippen LogP) is -3.90. The Labute approximate surface area is 117 Å². The van der Waals surface area contributed by atoms with Gasteiger partial charge in [-0.15, -0.1) is 0 Å². The third-order valence-corrected chi connectivity index (χ3v) is 2.65. The van der Waals surface area contributed by atoms with Gasteiger partial charge < -0.3 is 40.3 Å². The fourth-order valence-electron chi connectivity index (χ4n) is 1.70. The highest BCUT2D eigenvalue weighted by atomic mass is 16.6. The lowest BCUT2D eigenvalue weighted by atomic mass is 9.97. The van der Waals surface area contributed by atoms with E-state index in [0.717, 1.165) is 0 Å². The summed E-state index contributed by atoms with van der Waals surface area (Å²) in [5.41, 5.74) is 0. The maximum Gasteiger partial charge on any atom is 0.335 e. The van der Waals surface area contributed by atoms with Crippen LogP contribution in [0.4, 0.5) is 0 Å². The van der Waals surface area contributed by atoms with Gasteiger partial charge in [-0.25, -0.2) is 9.59 Å². The van der Waals surface area contributed by atoms with Gasteiger partial charge in [-0.05, 0) is 0 Å². The minimum absolute atomic E-state index is 0.666. The van der Waals surface area contributed by atoms with Gasteiger partial charge in [0.2, 0.25) is 5.91 Å². The zero-order chi connectivity index (χ0) is 16.2. The van der Waals surface area contributed by atoms with Crippen LogP contribution in [0, 0.1) is 0 Å². The van der Waals surface area contributed by atoms with Crippen molar-refractivity contribution < 1.29 is 49.4 Å². The number of rotatable bonds is 6. The number of ether oxygens (including phenoxy) is 2. The largest absolute Gasteiger partial charge is 0.480 e. The number of hydrogen-bond acceptors (Lipinski definition) is 8. The number of carboxylic acids is 2. The summed E-state index contributed by atoms with van der Waals surface area (Å²) < 4.78 is 9.07. The Morgan fingerprint density at radius 3 is 2.19 bits per heavy atom. The third-order valence-electron chi connectivity index (χ3n) is 2.65. The van der Waals surface area contributed by atoms with Crippen molar-refractivity contribution in [1.29, 1.82) is 0 Å². The first-order valence-electron chi connectivity index (χ1n) is 5.75. The van der Waals surface area contributed by atoms with Crippen molar-refractivity contribution in [1.82, 2.24) is 5.32 Å². The van der Waals surface area contributed by atoms with Crippen LogP contribution < -0.4 is 5.32 Å². The number of nitrogens with one attached hydrogen (secondary N) is 1. The summed E-state index contributed by atoms with van der Waals surface area (Å²) >= 11 is 0. The number of aliphatic carboxylic acids is 2. The zero-order valence-corrected chi connectivity index (χ0v) is 10.6. The predicted molar refractivity (Wildman–Crippen MR) is 60.9 cm³/mol. The second-order valence-corrected chi connectivity index (χ2v) is 4.25. The Balaban J connectivity index is 2.56. The van der Waals surface area contributed by atoms with Crippen LogP contribution in [0.3, 0.4) is 0 Å². The van der Waals surface area contributed by atoms with E-state index >= 15 is 0 Å². The minimum Gasteiger partial charge on any atom is -0.480 e. The lowest BCUT2D eigenvalue weighted by molar-refractivity contribution is -0.249. The average molecular weight is 309 g/mol. The van der Waals surface area contributed by atoms with Crippen LogP contribution in [-0.4, -0.2) is 87.2 Å². The van der Waals surface area contributed by atoms with E-state index < -0.39 is 61.7 Å². The quantitative estimate of drug-likeness (QED) is 0.283.